The maximum atomic E-state index is 11.4. The van der Waals surface area contributed by atoms with Crippen LogP contribution in [0.25, 0.3) is 0 Å². The smallest absolute Gasteiger partial charge is 0.158 e. The molecule has 2 N–H and O–H groups in total. The van der Waals surface area contributed by atoms with Gasteiger partial charge in [-0.05, 0) is 79.3 Å². The number of piperidine rings is 1. The van der Waals surface area contributed by atoms with Crippen molar-refractivity contribution in [1.82, 2.24) is 10.6 Å². The zero-order chi connectivity index (χ0) is 21.5. The number of hydrogen-bond donors (Lipinski definition) is 2. The number of hydrogen-bond acceptors (Lipinski definition) is 6. The van der Waals surface area contributed by atoms with Gasteiger partial charge in [0.1, 0.15) is 13.2 Å². The summed E-state index contributed by atoms with van der Waals surface area (Å²) in [5, 5.41) is 6.83. The lowest BCUT2D eigenvalue weighted by molar-refractivity contribution is -0.125. The number of carbonyl (C=O) groups excluding carboxylic acids is 2. The highest BCUT2D eigenvalue weighted by atomic mass is 16.5. The number of Topliss-reactive ketones (excluding diaryl/α,β-unsaturated/α-hetero) is 2. The zero-order valence-electron chi connectivity index (χ0n) is 19.1. The first-order valence-corrected chi connectivity index (χ1v) is 11.6. The van der Waals surface area contributed by atoms with E-state index in [1.165, 1.54) is 32.1 Å². The van der Waals surface area contributed by atoms with Gasteiger partial charge >= 0.3 is 0 Å². The third-order valence-electron chi connectivity index (χ3n) is 5.27. The standard InChI is InChI=1S/C12H23NO2.C11H21NO2/c1-10(2)15-9-12(14)7-6-11-5-3-4-8-13-11;1-9(2)14-8-11(13)6-5-10-4-3-7-12-10/h10-11,13H,3-9H2,1-2H3;9-10,12H,3-8H2,1-2H3. The average molecular weight is 413 g/mol. The third kappa shape index (κ3) is 14.8. The highest BCUT2D eigenvalue weighted by Crippen LogP contribution is 2.12. The van der Waals surface area contributed by atoms with Gasteiger partial charge in [0, 0.05) is 24.9 Å². The van der Waals surface area contributed by atoms with Crippen LogP contribution in [0.4, 0.5) is 0 Å². The normalized spacial score (nSPS) is 21.9. The van der Waals surface area contributed by atoms with Crippen LogP contribution in [-0.4, -0.2) is 62.2 Å². The van der Waals surface area contributed by atoms with E-state index < -0.39 is 0 Å². The molecule has 0 spiro atoms. The maximum absolute atomic E-state index is 11.4. The second kappa shape index (κ2) is 15.9. The van der Waals surface area contributed by atoms with E-state index in [0.717, 1.165) is 25.9 Å². The molecule has 0 aliphatic carbocycles. The molecule has 0 aromatic heterocycles. The second-order valence-electron chi connectivity index (χ2n) is 8.81. The third-order valence-corrected chi connectivity index (χ3v) is 5.27. The van der Waals surface area contributed by atoms with Crippen molar-refractivity contribution in [2.45, 2.75) is 110 Å². The van der Waals surface area contributed by atoms with Gasteiger partial charge in [-0.1, -0.05) is 6.42 Å². The van der Waals surface area contributed by atoms with Crippen LogP contribution in [0.5, 0.6) is 0 Å². The Balaban J connectivity index is 0.000000291. The Morgan fingerprint density at radius 2 is 1.21 bits per heavy atom. The number of rotatable bonds is 12. The minimum absolute atomic E-state index is 0.154. The van der Waals surface area contributed by atoms with Gasteiger partial charge in [-0.15, -0.1) is 0 Å². The summed E-state index contributed by atoms with van der Waals surface area (Å²) in [4.78, 5) is 22.8. The predicted molar refractivity (Wildman–Crippen MR) is 117 cm³/mol. The molecular weight excluding hydrogens is 368 g/mol. The summed E-state index contributed by atoms with van der Waals surface area (Å²) in [6.07, 6.45) is 9.84. The molecule has 2 saturated heterocycles. The molecule has 0 aromatic carbocycles. The SMILES string of the molecule is CC(C)OCC(=O)CCC1CCCCN1.CC(C)OCC(=O)CCC1CCCN1. The molecular formula is C23H44N2O4. The molecule has 2 aliphatic heterocycles. The first kappa shape index (κ1) is 26.2. The monoisotopic (exact) mass is 412 g/mol. The van der Waals surface area contributed by atoms with Crippen LogP contribution in [-0.2, 0) is 19.1 Å². The minimum atomic E-state index is 0.154. The van der Waals surface area contributed by atoms with Gasteiger partial charge in [-0.2, -0.15) is 0 Å². The van der Waals surface area contributed by atoms with Crippen molar-refractivity contribution < 1.29 is 19.1 Å². The van der Waals surface area contributed by atoms with Crippen LogP contribution in [0.3, 0.4) is 0 Å². The molecule has 0 radical (unpaired) electrons. The molecule has 0 amide bonds. The highest BCUT2D eigenvalue weighted by Gasteiger charge is 2.15. The molecule has 0 bridgehead atoms. The molecule has 2 aliphatic rings. The van der Waals surface area contributed by atoms with Crippen LogP contribution in [0.2, 0.25) is 0 Å². The first-order valence-electron chi connectivity index (χ1n) is 11.6. The fourth-order valence-electron chi connectivity index (χ4n) is 3.51. The largest absolute Gasteiger partial charge is 0.371 e. The quantitative estimate of drug-likeness (QED) is 0.511. The number of nitrogens with one attached hydrogen (secondary N) is 2. The summed E-state index contributed by atoms with van der Waals surface area (Å²) in [6.45, 7) is 10.6. The van der Waals surface area contributed by atoms with Gasteiger partial charge < -0.3 is 20.1 Å². The Morgan fingerprint density at radius 1 is 0.759 bits per heavy atom. The summed E-state index contributed by atoms with van der Waals surface area (Å²) in [6, 6.07) is 1.12. The fraction of sp³-hybridized carbons (Fsp3) is 0.913. The van der Waals surface area contributed by atoms with Crippen molar-refractivity contribution in [3.8, 4) is 0 Å². The Bertz CT molecular complexity index is 442. The van der Waals surface area contributed by atoms with Crippen LogP contribution in [0.1, 0.15) is 85.5 Å². The van der Waals surface area contributed by atoms with E-state index in [4.69, 9.17) is 9.47 Å². The Morgan fingerprint density at radius 3 is 1.55 bits per heavy atom. The zero-order valence-corrected chi connectivity index (χ0v) is 19.1. The van der Waals surface area contributed by atoms with Gasteiger partial charge in [0.25, 0.3) is 0 Å². The van der Waals surface area contributed by atoms with Crippen LogP contribution < -0.4 is 10.6 Å². The molecule has 2 fully saturated rings. The molecule has 170 valence electrons. The second-order valence-corrected chi connectivity index (χ2v) is 8.81. The topological polar surface area (TPSA) is 76.7 Å². The van der Waals surface area contributed by atoms with Gasteiger partial charge in [-0.3, -0.25) is 9.59 Å². The van der Waals surface area contributed by atoms with Crippen molar-refractivity contribution in [1.29, 1.82) is 0 Å². The van der Waals surface area contributed by atoms with Gasteiger partial charge in [0.2, 0.25) is 0 Å². The van der Waals surface area contributed by atoms with Crippen LogP contribution >= 0.6 is 0 Å². The first-order chi connectivity index (χ1) is 13.9. The number of ether oxygens (including phenoxy) is 2. The Kier molecular flexibility index (Phi) is 14.4. The highest BCUT2D eigenvalue weighted by molar-refractivity contribution is 5.80. The van der Waals surface area contributed by atoms with Gasteiger partial charge in [0.05, 0.1) is 12.2 Å². The summed E-state index contributed by atoms with van der Waals surface area (Å²) in [5.41, 5.74) is 0. The molecule has 2 heterocycles. The Hall–Kier alpha value is -0.820. The number of ketones is 2. The lowest BCUT2D eigenvalue weighted by Crippen LogP contribution is -2.34. The average Bonchev–Trinajstić information content (AvgIpc) is 3.22. The maximum Gasteiger partial charge on any atom is 0.158 e. The molecule has 2 rings (SSSR count). The molecule has 6 heteroatoms. The van der Waals surface area contributed by atoms with Crippen molar-refractivity contribution in [3.05, 3.63) is 0 Å². The van der Waals surface area contributed by atoms with E-state index in [0.29, 0.717) is 24.9 Å². The summed E-state index contributed by atoms with van der Waals surface area (Å²) < 4.78 is 10.5. The summed E-state index contributed by atoms with van der Waals surface area (Å²) in [5.74, 6) is 0.462. The van der Waals surface area contributed by atoms with Crippen LogP contribution in [0.15, 0.2) is 0 Å². The van der Waals surface area contributed by atoms with Crippen molar-refractivity contribution in [2.75, 3.05) is 26.3 Å². The molecule has 0 aromatic rings. The van der Waals surface area contributed by atoms with E-state index >= 15 is 0 Å². The molecule has 6 nitrogen and oxygen atoms in total. The fourth-order valence-corrected chi connectivity index (χ4v) is 3.51. The molecule has 0 saturated carbocycles. The van der Waals surface area contributed by atoms with E-state index in [2.05, 4.69) is 10.6 Å². The lowest BCUT2D eigenvalue weighted by atomic mass is 9.99. The summed E-state index contributed by atoms with van der Waals surface area (Å²) in [7, 11) is 0. The molecule has 29 heavy (non-hydrogen) atoms. The van der Waals surface area contributed by atoms with Gasteiger partial charge in [0.15, 0.2) is 11.6 Å². The predicted octanol–water partition coefficient (Wildman–Crippen LogP) is 3.42. The summed E-state index contributed by atoms with van der Waals surface area (Å²) >= 11 is 0. The van der Waals surface area contributed by atoms with Crippen molar-refractivity contribution in [3.63, 3.8) is 0 Å². The van der Waals surface area contributed by atoms with Crippen LogP contribution in [0, 0.1) is 0 Å². The van der Waals surface area contributed by atoms with E-state index in [1.54, 1.807) is 0 Å². The van der Waals surface area contributed by atoms with Crippen molar-refractivity contribution in [2.24, 2.45) is 0 Å². The van der Waals surface area contributed by atoms with Gasteiger partial charge in [-0.25, -0.2) is 0 Å². The molecule has 2 atom stereocenters. The van der Waals surface area contributed by atoms with E-state index in [1.807, 2.05) is 27.7 Å². The van der Waals surface area contributed by atoms with E-state index in [9.17, 15) is 9.59 Å². The molecule has 2 unspecified atom stereocenters. The van der Waals surface area contributed by atoms with E-state index in [-0.39, 0.29) is 37.0 Å². The number of carbonyl (C=O) groups is 2. The minimum Gasteiger partial charge on any atom is -0.371 e. The van der Waals surface area contributed by atoms with Crippen molar-refractivity contribution >= 4 is 11.6 Å². The Labute approximate surface area is 177 Å². The lowest BCUT2D eigenvalue weighted by Gasteiger charge is -2.23.